The van der Waals surface area contributed by atoms with Crippen molar-refractivity contribution in [1.29, 1.82) is 0 Å². The molecule has 214 valence electrons. The molecule has 0 spiro atoms. The van der Waals surface area contributed by atoms with Gasteiger partial charge in [-0.05, 0) is 42.9 Å². The van der Waals surface area contributed by atoms with Crippen molar-refractivity contribution in [3.63, 3.8) is 0 Å². The maximum absolute atomic E-state index is 12.5. The van der Waals surface area contributed by atoms with Gasteiger partial charge in [0.15, 0.2) is 11.5 Å². The van der Waals surface area contributed by atoms with Gasteiger partial charge >= 0.3 is 23.9 Å². The molecule has 9 nitrogen and oxygen atoms in total. The van der Waals surface area contributed by atoms with Gasteiger partial charge in [0.2, 0.25) is 0 Å². The van der Waals surface area contributed by atoms with Crippen molar-refractivity contribution < 1.29 is 38.5 Å². The molecular formula is C29H45NO8. The molecule has 0 saturated heterocycles. The lowest BCUT2D eigenvalue weighted by molar-refractivity contribution is -0.145. The summed E-state index contributed by atoms with van der Waals surface area (Å²) in [6.45, 7) is 7.76. The standard InChI is InChI=1S/C29H45NO8/c1-5-8-11-14-25(32)37-22-17-16-21(18-23(22)38-26(33)15-12-9-6-2)27(28(30)29(34)35)20(4)19-36-24(31)13-10-7-3/h16-18,20,27-28H,5-15,19,30H2,1-4H3,(H,34,35)/t20?,27?,28-/m0/s1. The van der Waals surface area contributed by atoms with Crippen molar-refractivity contribution in [3.8, 4) is 11.5 Å². The number of carboxylic acids is 1. The van der Waals surface area contributed by atoms with Crippen LogP contribution in [0.2, 0.25) is 0 Å². The van der Waals surface area contributed by atoms with Crippen molar-refractivity contribution in [1.82, 2.24) is 0 Å². The second-order valence-corrected chi connectivity index (χ2v) is 9.72. The molecule has 0 aliphatic heterocycles. The normalized spacial score (nSPS) is 13.3. The number of carbonyl (C=O) groups is 4. The number of hydrogen-bond donors (Lipinski definition) is 2. The Balaban J connectivity index is 3.25. The Kier molecular flexibility index (Phi) is 16.0. The van der Waals surface area contributed by atoms with Gasteiger partial charge in [-0.2, -0.15) is 0 Å². The Morgan fingerprint density at radius 2 is 1.32 bits per heavy atom. The van der Waals surface area contributed by atoms with Gasteiger partial charge in [-0.3, -0.25) is 19.2 Å². The highest BCUT2D eigenvalue weighted by atomic mass is 16.6. The van der Waals surface area contributed by atoms with E-state index in [-0.39, 0.29) is 43.3 Å². The van der Waals surface area contributed by atoms with Crippen LogP contribution in [0.4, 0.5) is 0 Å². The summed E-state index contributed by atoms with van der Waals surface area (Å²) in [6, 6.07) is 3.28. The molecule has 0 radical (unpaired) electrons. The molecule has 38 heavy (non-hydrogen) atoms. The van der Waals surface area contributed by atoms with Crippen LogP contribution >= 0.6 is 0 Å². The fraction of sp³-hybridized carbons (Fsp3) is 0.655. The maximum Gasteiger partial charge on any atom is 0.321 e. The number of unbranched alkanes of at least 4 members (excludes halogenated alkanes) is 5. The number of ether oxygens (including phenoxy) is 3. The molecule has 0 amide bonds. The van der Waals surface area contributed by atoms with E-state index in [9.17, 15) is 24.3 Å². The molecule has 0 aliphatic rings. The molecule has 0 saturated carbocycles. The first-order valence-electron chi connectivity index (χ1n) is 13.8. The monoisotopic (exact) mass is 535 g/mol. The van der Waals surface area contributed by atoms with Gasteiger partial charge < -0.3 is 25.1 Å². The number of carboxylic acid groups (broad SMARTS) is 1. The summed E-state index contributed by atoms with van der Waals surface area (Å²) in [7, 11) is 0. The molecule has 1 aromatic carbocycles. The number of hydrogen-bond acceptors (Lipinski definition) is 8. The lowest BCUT2D eigenvalue weighted by atomic mass is 9.82. The topological polar surface area (TPSA) is 142 Å². The van der Waals surface area contributed by atoms with Crippen LogP contribution in [0.3, 0.4) is 0 Å². The van der Waals surface area contributed by atoms with Gasteiger partial charge in [0.05, 0.1) is 6.61 Å². The predicted octanol–water partition coefficient (Wildman–Crippen LogP) is 5.52. The molecule has 0 heterocycles. The van der Waals surface area contributed by atoms with Gasteiger partial charge in [-0.25, -0.2) is 0 Å². The van der Waals surface area contributed by atoms with Gasteiger partial charge in [-0.1, -0.05) is 65.9 Å². The smallest absolute Gasteiger partial charge is 0.321 e. The lowest BCUT2D eigenvalue weighted by Crippen LogP contribution is -2.40. The van der Waals surface area contributed by atoms with Gasteiger partial charge in [0, 0.05) is 25.2 Å². The molecule has 9 heteroatoms. The zero-order valence-corrected chi connectivity index (χ0v) is 23.3. The van der Waals surface area contributed by atoms with Crippen molar-refractivity contribution in [2.75, 3.05) is 6.61 Å². The largest absolute Gasteiger partial charge is 0.480 e. The zero-order valence-electron chi connectivity index (χ0n) is 23.3. The third kappa shape index (κ3) is 12.1. The van der Waals surface area contributed by atoms with Crippen LogP contribution in [-0.4, -0.2) is 41.6 Å². The Hall–Kier alpha value is -2.94. The summed E-state index contributed by atoms with van der Waals surface area (Å²) in [6.07, 6.45) is 7.29. The minimum absolute atomic E-state index is 0.0193. The molecule has 1 aromatic rings. The molecule has 0 aliphatic carbocycles. The van der Waals surface area contributed by atoms with Gasteiger partial charge in [-0.15, -0.1) is 0 Å². The first-order valence-corrected chi connectivity index (χ1v) is 13.8. The Morgan fingerprint density at radius 1 is 0.789 bits per heavy atom. The first kappa shape index (κ1) is 33.1. The van der Waals surface area contributed by atoms with Crippen LogP contribution in [0.1, 0.15) is 110 Å². The first-order chi connectivity index (χ1) is 18.1. The second kappa shape index (κ2) is 18.3. The average molecular weight is 536 g/mol. The summed E-state index contributed by atoms with van der Waals surface area (Å²) >= 11 is 0. The van der Waals surface area contributed by atoms with Crippen molar-refractivity contribution >= 4 is 23.9 Å². The maximum atomic E-state index is 12.5. The van der Waals surface area contributed by atoms with Gasteiger partial charge in [0.1, 0.15) is 6.04 Å². The molecule has 0 bridgehead atoms. The Labute approximate surface area is 226 Å². The molecule has 3 N–H and O–H groups in total. The number of esters is 3. The summed E-state index contributed by atoms with van der Waals surface area (Å²) < 4.78 is 16.5. The van der Waals surface area contributed by atoms with Crippen LogP contribution < -0.4 is 15.2 Å². The van der Waals surface area contributed by atoms with E-state index < -0.39 is 35.8 Å². The molecule has 1 rings (SSSR count). The van der Waals surface area contributed by atoms with E-state index in [2.05, 4.69) is 0 Å². The molecule has 3 atom stereocenters. The summed E-state index contributed by atoms with van der Waals surface area (Å²) in [5.41, 5.74) is 6.54. The number of aliphatic carboxylic acids is 1. The summed E-state index contributed by atoms with van der Waals surface area (Å²) in [5, 5.41) is 9.68. The zero-order chi connectivity index (χ0) is 28.5. The van der Waals surface area contributed by atoms with E-state index in [4.69, 9.17) is 19.9 Å². The SMILES string of the molecule is CCCCCC(=O)Oc1ccc(C(C(C)COC(=O)CCCC)[C@H](N)C(=O)O)cc1OC(=O)CCCCC. The van der Waals surface area contributed by atoms with E-state index in [0.29, 0.717) is 24.8 Å². The third-order valence-electron chi connectivity index (χ3n) is 6.30. The molecule has 0 fully saturated rings. The van der Waals surface area contributed by atoms with Crippen LogP contribution in [0.25, 0.3) is 0 Å². The quantitative estimate of drug-likeness (QED) is 0.133. The van der Waals surface area contributed by atoms with Gasteiger partial charge in [0.25, 0.3) is 0 Å². The number of nitrogens with two attached hydrogens (primary N) is 1. The van der Waals surface area contributed by atoms with E-state index in [1.54, 1.807) is 13.0 Å². The predicted molar refractivity (Wildman–Crippen MR) is 144 cm³/mol. The minimum atomic E-state index is -1.31. The minimum Gasteiger partial charge on any atom is -0.480 e. The Morgan fingerprint density at radius 3 is 1.84 bits per heavy atom. The van der Waals surface area contributed by atoms with E-state index in [1.165, 1.54) is 12.1 Å². The summed E-state index contributed by atoms with van der Waals surface area (Å²) in [5.74, 6) is -3.60. The molecule has 2 unspecified atom stereocenters. The Bertz CT molecular complexity index is 901. The number of benzene rings is 1. The highest BCUT2D eigenvalue weighted by Gasteiger charge is 2.32. The van der Waals surface area contributed by atoms with E-state index >= 15 is 0 Å². The summed E-state index contributed by atoms with van der Waals surface area (Å²) in [4.78, 5) is 48.8. The van der Waals surface area contributed by atoms with Crippen molar-refractivity contribution in [3.05, 3.63) is 23.8 Å². The number of carbonyl (C=O) groups excluding carboxylic acids is 3. The van der Waals surface area contributed by atoms with Crippen LogP contribution in [-0.2, 0) is 23.9 Å². The van der Waals surface area contributed by atoms with E-state index in [0.717, 1.165) is 32.1 Å². The third-order valence-corrected chi connectivity index (χ3v) is 6.30. The van der Waals surface area contributed by atoms with Crippen molar-refractivity contribution in [2.45, 2.75) is 110 Å². The highest BCUT2D eigenvalue weighted by molar-refractivity contribution is 5.77. The average Bonchev–Trinajstić information content (AvgIpc) is 2.87. The molecular weight excluding hydrogens is 490 g/mol. The van der Waals surface area contributed by atoms with Crippen molar-refractivity contribution in [2.24, 2.45) is 11.7 Å². The van der Waals surface area contributed by atoms with E-state index in [1.807, 2.05) is 20.8 Å². The fourth-order valence-corrected chi connectivity index (χ4v) is 4.05. The number of rotatable bonds is 19. The van der Waals surface area contributed by atoms with Crippen LogP contribution in [0, 0.1) is 5.92 Å². The second-order valence-electron chi connectivity index (χ2n) is 9.72. The fourth-order valence-electron chi connectivity index (χ4n) is 4.05. The molecule has 0 aromatic heterocycles. The highest BCUT2D eigenvalue weighted by Crippen LogP contribution is 2.36. The lowest BCUT2D eigenvalue weighted by Gasteiger charge is -2.28. The van der Waals surface area contributed by atoms with Crippen LogP contribution in [0.5, 0.6) is 11.5 Å². The van der Waals surface area contributed by atoms with Crippen LogP contribution in [0.15, 0.2) is 18.2 Å².